The molecule has 84 valence electrons. The molecule has 0 saturated heterocycles. The van der Waals surface area contributed by atoms with Crippen molar-refractivity contribution in [2.75, 3.05) is 12.0 Å². The van der Waals surface area contributed by atoms with E-state index in [9.17, 15) is 4.79 Å². The molecule has 16 heavy (non-hydrogen) atoms. The van der Waals surface area contributed by atoms with Crippen molar-refractivity contribution in [3.05, 3.63) is 41.1 Å². The van der Waals surface area contributed by atoms with Gasteiger partial charge in [0.15, 0.2) is 0 Å². The number of ether oxygens (including phenoxy) is 1. The number of fused-ring (bicyclic) bond motifs is 1. The Labute approximate surface area is 95.3 Å². The van der Waals surface area contributed by atoms with Gasteiger partial charge in [-0.1, -0.05) is 12.1 Å². The highest BCUT2D eigenvalue weighted by Crippen LogP contribution is 2.30. The molecule has 0 radical (unpaired) electrons. The van der Waals surface area contributed by atoms with Gasteiger partial charge in [0.2, 0.25) is 0 Å². The van der Waals surface area contributed by atoms with Gasteiger partial charge in [0, 0.05) is 6.20 Å². The van der Waals surface area contributed by atoms with Gasteiger partial charge >= 0.3 is 6.09 Å². The lowest BCUT2D eigenvalue weighted by molar-refractivity contribution is 0.181. The van der Waals surface area contributed by atoms with Gasteiger partial charge in [-0.2, -0.15) is 0 Å². The van der Waals surface area contributed by atoms with E-state index in [0.29, 0.717) is 0 Å². The molecule has 1 aliphatic heterocycles. The van der Waals surface area contributed by atoms with E-state index in [1.165, 1.54) is 18.2 Å². The minimum absolute atomic E-state index is 0.345. The molecule has 0 aromatic heterocycles. The molecular weight excluding hydrogens is 202 g/mol. The zero-order valence-electron chi connectivity index (χ0n) is 9.78. The third-order valence-corrected chi connectivity index (χ3v) is 2.80. The van der Waals surface area contributed by atoms with E-state index in [2.05, 4.69) is 13.0 Å². The molecule has 1 amide bonds. The molecule has 0 N–H and O–H groups in total. The number of allylic oxidation sites excluding steroid dienone is 1. The lowest BCUT2D eigenvalue weighted by Gasteiger charge is -2.25. The number of carbonyl (C=O) groups is 1. The molecule has 1 aliphatic rings. The zero-order valence-corrected chi connectivity index (χ0v) is 9.78. The Morgan fingerprint density at radius 1 is 1.38 bits per heavy atom. The van der Waals surface area contributed by atoms with Crippen LogP contribution in [0.1, 0.15) is 16.7 Å². The average Bonchev–Trinajstić information content (AvgIpc) is 2.27. The highest BCUT2D eigenvalue weighted by molar-refractivity contribution is 5.91. The summed E-state index contributed by atoms with van der Waals surface area (Å²) in [6.45, 7) is 4.10. The number of benzene rings is 1. The second-order valence-electron chi connectivity index (χ2n) is 4.01. The van der Waals surface area contributed by atoms with Crippen molar-refractivity contribution in [3.63, 3.8) is 0 Å². The monoisotopic (exact) mass is 217 g/mol. The number of methoxy groups -OCH3 is 1. The maximum Gasteiger partial charge on any atom is 0.418 e. The number of hydrogen-bond acceptors (Lipinski definition) is 2. The molecule has 1 aromatic carbocycles. The van der Waals surface area contributed by atoms with Gasteiger partial charge in [0.1, 0.15) is 0 Å². The topological polar surface area (TPSA) is 29.5 Å². The van der Waals surface area contributed by atoms with Crippen molar-refractivity contribution < 1.29 is 9.53 Å². The second kappa shape index (κ2) is 4.00. The predicted molar refractivity (Wildman–Crippen MR) is 63.6 cm³/mol. The molecule has 0 aliphatic carbocycles. The summed E-state index contributed by atoms with van der Waals surface area (Å²) in [6, 6.07) is 4.15. The van der Waals surface area contributed by atoms with E-state index in [4.69, 9.17) is 4.74 Å². The summed E-state index contributed by atoms with van der Waals surface area (Å²) in [7, 11) is 1.40. The van der Waals surface area contributed by atoms with Crippen LogP contribution in [-0.4, -0.2) is 13.2 Å². The van der Waals surface area contributed by atoms with Gasteiger partial charge < -0.3 is 4.74 Å². The number of anilines is 1. The predicted octanol–water partition coefficient (Wildman–Crippen LogP) is 2.95. The van der Waals surface area contributed by atoms with Crippen LogP contribution in [0.3, 0.4) is 0 Å². The van der Waals surface area contributed by atoms with Crippen LogP contribution in [-0.2, 0) is 11.2 Å². The van der Waals surface area contributed by atoms with Crippen molar-refractivity contribution >= 4 is 11.8 Å². The molecule has 3 nitrogen and oxygen atoms in total. The van der Waals surface area contributed by atoms with E-state index in [1.807, 2.05) is 19.1 Å². The van der Waals surface area contributed by atoms with E-state index in [-0.39, 0.29) is 6.09 Å². The first kappa shape index (κ1) is 10.7. The summed E-state index contributed by atoms with van der Waals surface area (Å²) in [6.07, 6.45) is 4.27. The van der Waals surface area contributed by atoms with Crippen molar-refractivity contribution in [1.29, 1.82) is 0 Å². The first-order chi connectivity index (χ1) is 7.63. The summed E-state index contributed by atoms with van der Waals surface area (Å²) in [5.41, 5.74) is 4.50. The fraction of sp³-hybridized carbons (Fsp3) is 0.308. The summed E-state index contributed by atoms with van der Waals surface area (Å²) >= 11 is 0. The fourth-order valence-electron chi connectivity index (χ4n) is 2.07. The van der Waals surface area contributed by atoms with Crippen LogP contribution in [0, 0.1) is 13.8 Å². The summed E-state index contributed by atoms with van der Waals surface area (Å²) in [5, 5.41) is 0. The Morgan fingerprint density at radius 2 is 2.12 bits per heavy atom. The third kappa shape index (κ3) is 1.69. The molecule has 0 fully saturated rings. The van der Waals surface area contributed by atoms with Gasteiger partial charge in [0.05, 0.1) is 12.8 Å². The molecule has 0 spiro atoms. The lowest BCUT2D eigenvalue weighted by Crippen LogP contribution is -2.28. The van der Waals surface area contributed by atoms with Gasteiger partial charge in [-0.15, -0.1) is 0 Å². The van der Waals surface area contributed by atoms with Crippen LogP contribution >= 0.6 is 0 Å². The minimum Gasteiger partial charge on any atom is -0.452 e. The van der Waals surface area contributed by atoms with Crippen molar-refractivity contribution in [3.8, 4) is 0 Å². The van der Waals surface area contributed by atoms with Crippen LogP contribution in [0.2, 0.25) is 0 Å². The zero-order chi connectivity index (χ0) is 11.7. The SMILES string of the molecule is COC(=O)N1C=CCc2c(C)cc(C)cc21. The van der Waals surface area contributed by atoms with Crippen LogP contribution in [0.4, 0.5) is 10.5 Å². The molecular formula is C13H15NO2. The summed E-state index contributed by atoms with van der Waals surface area (Å²) < 4.78 is 4.76. The van der Waals surface area contributed by atoms with E-state index < -0.39 is 0 Å². The highest BCUT2D eigenvalue weighted by Gasteiger charge is 2.20. The van der Waals surface area contributed by atoms with Crippen molar-refractivity contribution in [2.24, 2.45) is 0 Å². The Kier molecular flexibility index (Phi) is 2.69. The molecule has 1 heterocycles. The normalized spacial score (nSPS) is 13.6. The lowest BCUT2D eigenvalue weighted by atomic mass is 9.98. The number of nitrogens with zero attached hydrogens (tertiary/aromatic N) is 1. The smallest absolute Gasteiger partial charge is 0.418 e. The second-order valence-corrected chi connectivity index (χ2v) is 4.01. The molecule has 0 atom stereocenters. The summed E-state index contributed by atoms with van der Waals surface area (Å²) in [4.78, 5) is 13.2. The van der Waals surface area contributed by atoms with E-state index in [1.54, 1.807) is 11.1 Å². The van der Waals surface area contributed by atoms with Crippen LogP contribution in [0.15, 0.2) is 24.4 Å². The highest BCUT2D eigenvalue weighted by atomic mass is 16.5. The van der Waals surface area contributed by atoms with Gasteiger partial charge in [-0.25, -0.2) is 4.79 Å². The largest absolute Gasteiger partial charge is 0.452 e. The van der Waals surface area contributed by atoms with Crippen LogP contribution in [0.25, 0.3) is 0 Å². The first-order valence-electron chi connectivity index (χ1n) is 5.27. The number of rotatable bonds is 0. The third-order valence-electron chi connectivity index (χ3n) is 2.80. The number of amides is 1. The molecule has 0 unspecified atom stereocenters. The molecule has 0 bridgehead atoms. The summed E-state index contributed by atoms with van der Waals surface area (Å²) in [5.74, 6) is 0. The van der Waals surface area contributed by atoms with E-state index in [0.717, 1.165) is 17.7 Å². The van der Waals surface area contributed by atoms with Gasteiger partial charge in [-0.05, 0) is 43.0 Å². The first-order valence-corrected chi connectivity index (χ1v) is 5.27. The molecule has 2 rings (SSSR count). The Bertz CT molecular complexity index is 463. The van der Waals surface area contributed by atoms with Gasteiger partial charge in [-0.3, -0.25) is 4.90 Å². The Hall–Kier alpha value is -1.77. The number of carbonyl (C=O) groups excluding carboxylic acids is 1. The van der Waals surface area contributed by atoms with Crippen LogP contribution in [0.5, 0.6) is 0 Å². The molecule has 1 aromatic rings. The minimum atomic E-state index is -0.345. The van der Waals surface area contributed by atoms with Crippen LogP contribution < -0.4 is 4.90 Å². The Morgan fingerprint density at radius 3 is 2.81 bits per heavy atom. The fourth-order valence-corrected chi connectivity index (χ4v) is 2.07. The Balaban J connectivity index is 2.53. The van der Waals surface area contributed by atoms with Crippen molar-refractivity contribution in [2.45, 2.75) is 20.3 Å². The average molecular weight is 217 g/mol. The number of aryl methyl sites for hydroxylation is 2. The van der Waals surface area contributed by atoms with E-state index >= 15 is 0 Å². The molecule has 3 heteroatoms. The quantitative estimate of drug-likeness (QED) is 0.668. The van der Waals surface area contributed by atoms with Gasteiger partial charge in [0.25, 0.3) is 0 Å². The number of hydrogen-bond donors (Lipinski definition) is 0. The molecule has 0 saturated carbocycles. The van der Waals surface area contributed by atoms with Crippen molar-refractivity contribution in [1.82, 2.24) is 0 Å². The standard InChI is InChI=1S/C13H15NO2/c1-9-7-10(2)11-5-4-6-14(12(11)8-9)13(15)16-3/h4,6-8H,5H2,1-3H3. The maximum atomic E-state index is 11.6. The maximum absolute atomic E-state index is 11.6.